The lowest BCUT2D eigenvalue weighted by Crippen LogP contribution is -2.13. The number of nitrogens with zero attached hydrogens (tertiary/aromatic N) is 1. The number of halogens is 1. The lowest BCUT2D eigenvalue weighted by atomic mass is 10.0. The lowest BCUT2D eigenvalue weighted by molar-refractivity contribution is 0.102. The summed E-state index contributed by atoms with van der Waals surface area (Å²) in [5.74, 6) is -1.08. The number of anilines is 1. The molecule has 0 aliphatic carbocycles. The van der Waals surface area contributed by atoms with Crippen LogP contribution < -0.4 is 5.32 Å². The Kier molecular flexibility index (Phi) is 4.35. The fourth-order valence-corrected chi connectivity index (χ4v) is 2.46. The fourth-order valence-electron chi connectivity index (χ4n) is 2.46. The predicted octanol–water partition coefficient (Wildman–Crippen LogP) is 3.86. The molecule has 1 amide bonds. The van der Waals surface area contributed by atoms with Crippen LogP contribution in [0.1, 0.15) is 16.1 Å². The molecular formula is C19H15FN2O3. The Bertz CT molecular complexity index is 923. The topological polar surface area (TPSA) is 82.5 Å². The average Bonchev–Trinajstić information content (AvgIpc) is 2.58. The van der Waals surface area contributed by atoms with Crippen molar-refractivity contribution in [2.24, 2.45) is 0 Å². The van der Waals surface area contributed by atoms with Crippen LogP contribution in [-0.2, 0) is 0 Å². The van der Waals surface area contributed by atoms with Gasteiger partial charge in [0.05, 0.1) is 0 Å². The van der Waals surface area contributed by atoms with Gasteiger partial charge in [-0.2, -0.15) is 0 Å². The number of aromatic nitrogens is 1. The van der Waals surface area contributed by atoms with E-state index in [-0.39, 0.29) is 17.1 Å². The summed E-state index contributed by atoms with van der Waals surface area (Å²) in [6.45, 7) is 1.69. The van der Waals surface area contributed by atoms with Gasteiger partial charge in [0.2, 0.25) is 0 Å². The number of hydrogen-bond donors (Lipinski definition) is 3. The first-order chi connectivity index (χ1) is 12.0. The Hall–Kier alpha value is -3.41. The summed E-state index contributed by atoms with van der Waals surface area (Å²) in [6, 6.07) is 11.5. The molecule has 0 spiro atoms. The van der Waals surface area contributed by atoms with Crippen molar-refractivity contribution in [3.63, 3.8) is 0 Å². The van der Waals surface area contributed by atoms with Crippen molar-refractivity contribution in [2.75, 3.05) is 5.32 Å². The maximum atomic E-state index is 13.1. The molecule has 5 nitrogen and oxygen atoms in total. The van der Waals surface area contributed by atoms with Gasteiger partial charge in [0.25, 0.3) is 5.91 Å². The Balaban J connectivity index is 1.97. The molecule has 3 rings (SSSR count). The first kappa shape index (κ1) is 16.4. The molecule has 0 saturated carbocycles. The van der Waals surface area contributed by atoms with Gasteiger partial charge in [-0.05, 0) is 48.9 Å². The van der Waals surface area contributed by atoms with Crippen LogP contribution in [0.25, 0.3) is 11.1 Å². The van der Waals surface area contributed by atoms with E-state index in [1.54, 1.807) is 6.92 Å². The van der Waals surface area contributed by atoms with Crippen molar-refractivity contribution >= 4 is 11.6 Å². The Morgan fingerprint density at radius 2 is 1.68 bits per heavy atom. The van der Waals surface area contributed by atoms with E-state index < -0.39 is 11.7 Å². The summed E-state index contributed by atoms with van der Waals surface area (Å²) in [7, 11) is 0. The highest BCUT2D eigenvalue weighted by atomic mass is 19.1. The van der Waals surface area contributed by atoms with E-state index in [0.717, 1.165) is 0 Å². The Morgan fingerprint density at radius 3 is 2.32 bits per heavy atom. The van der Waals surface area contributed by atoms with E-state index in [0.29, 0.717) is 22.5 Å². The molecule has 0 unspecified atom stereocenters. The molecule has 0 fully saturated rings. The summed E-state index contributed by atoms with van der Waals surface area (Å²) in [4.78, 5) is 16.6. The van der Waals surface area contributed by atoms with Crippen LogP contribution in [0.15, 0.2) is 54.7 Å². The lowest BCUT2D eigenvalue weighted by Gasteiger charge is -2.12. The van der Waals surface area contributed by atoms with Crippen molar-refractivity contribution in [3.8, 4) is 22.6 Å². The second kappa shape index (κ2) is 6.60. The number of phenols is 1. The highest BCUT2D eigenvalue weighted by Crippen LogP contribution is 2.34. The predicted molar refractivity (Wildman–Crippen MR) is 92.1 cm³/mol. The zero-order chi connectivity index (χ0) is 18.0. The molecule has 0 saturated heterocycles. The zero-order valence-corrected chi connectivity index (χ0v) is 13.3. The summed E-state index contributed by atoms with van der Waals surface area (Å²) in [5, 5.41) is 22.4. The molecule has 1 heterocycles. The minimum absolute atomic E-state index is 0.00185. The molecule has 0 radical (unpaired) electrons. The van der Waals surface area contributed by atoms with Crippen LogP contribution in [-0.4, -0.2) is 21.1 Å². The standard InChI is InChI=1S/C19H15FN2O3/c1-11-17(12-2-4-13(20)5-3-12)18(24)16(10-21-11)19(25)22-14-6-8-15(23)9-7-14/h2-10,23H,1H3,(H,21,24)(H,22,25). The molecule has 126 valence electrons. The van der Waals surface area contributed by atoms with E-state index in [4.69, 9.17) is 0 Å². The third kappa shape index (κ3) is 3.42. The number of benzene rings is 2. The monoisotopic (exact) mass is 338 g/mol. The molecule has 6 heteroatoms. The van der Waals surface area contributed by atoms with Gasteiger partial charge in [-0.15, -0.1) is 0 Å². The second-order valence-corrected chi connectivity index (χ2v) is 5.49. The minimum atomic E-state index is -0.543. The van der Waals surface area contributed by atoms with Crippen molar-refractivity contribution < 1.29 is 19.4 Å². The SMILES string of the molecule is Cc1ncc(C(=O)Nc2ccc(O)cc2)c(O)c1-c1ccc(F)cc1. The number of aromatic hydroxyl groups is 2. The maximum absolute atomic E-state index is 13.1. The first-order valence-electron chi connectivity index (χ1n) is 7.50. The van der Waals surface area contributed by atoms with Crippen molar-refractivity contribution in [1.29, 1.82) is 0 Å². The number of nitrogens with one attached hydrogen (secondary N) is 1. The number of amides is 1. The van der Waals surface area contributed by atoms with E-state index in [1.165, 1.54) is 54.7 Å². The number of pyridine rings is 1. The number of carbonyl (C=O) groups excluding carboxylic acids is 1. The highest BCUT2D eigenvalue weighted by Gasteiger charge is 2.19. The molecule has 1 aromatic heterocycles. The summed E-state index contributed by atoms with van der Waals surface area (Å²) in [6.07, 6.45) is 1.29. The summed E-state index contributed by atoms with van der Waals surface area (Å²) < 4.78 is 13.1. The molecule has 3 N–H and O–H groups in total. The maximum Gasteiger partial charge on any atom is 0.261 e. The minimum Gasteiger partial charge on any atom is -0.508 e. The Morgan fingerprint density at radius 1 is 1.04 bits per heavy atom. The van der Waals surface area contributed by atoms with Gasteiger partial charge in [0, 0.05) is 23.1 Å². The Labute approximate surface area is 143 Å². The van der Waals surface area contributed by atoms with E-state index in [1.807, 2.05) is 0 Å². The van der Waals surface area contributed by atoms with Crippen molar-refractivity contribution in [2.45, 2.75) is 6.92 Å². The van der Waals surface area contributed by atoms with Gasteiger partial charge in [0.1, 0.15) is 22.9 Å². The molecule has 0 aliphatic heterocycles. The number of rotatable bonds is 3. The first-order valence-corrected chi connectivity index (χ1v) is 7.50. The number of hydrogen-bond acceptors (Lipinski definition) is 4. The molecule has 0 aliphatic rings. The third-order valence-electron chi connectivity index (χ3n) is 3.74. The second-order valence-electron chi connectivity index (χ2n) is 5.49. The van der Waals surface area contributed by atoms with Crippen molar-refractivity contribution in [3.05, 3.63) is 71.8 Å². The van der Waals surface area contributed by atoms with Gasteiger partial charge < -0.3 is 15.5 Å². The van der Waals surface area contributed by atoms with Crippen molar-refractivity contribution in [1.82, 2.24) is 4.98 Å². The van der Waals surface area contributed by atoms with Gasteiger partial charge in [-0.3, -0.25) is 9.78 Å². The van der Waals surface area contributed by atoms with Crippen LogP contribution in [0.3, 0.4) is 0 Å². The van der Waals surface area contributed by atoms with Gasteiger partial charge in [-0.25, -0.2) is 4.39 Å². The quantitative estimate of drug-likeness (QED) is 0.633. The molecule has 2 aromatic carbocycles. The van der Waals surface area contributed by atoms with Gasteiger partial charge in [0.15, 0.2) is 0 Å². The molecule has 3 aromatic rings. The smallest absolute Gasteiger partial charge is 0.261 e. The normalized spacial score (nSPS) is 10.5. The zero-order valence-electron chi connectivity index (χ0n) is 13.3. The van der Waals surface area contributed by atoms with Gasteiger partial charge >= 0.3 is 0 Å². The van der Waals surface area contributed by atoms with E-state index in [2.05, 4.69) is 10.3 Å². The highest BCUT2D eigenvalue weighted by molar-refractivity contribution is 6.07. The molecule has 0 atom stereocenters. The number of phenolic OH excluding ortho intramolecular Hbond substituents is 1. The number of carbonyl (C=O) groups is 1. The van der Waals surface area contributed by atoms with E-state index >= 15 is 0 Å². The molecule has 25 heavy (non-hydrogen) atoms. The number of aryl methyl sites for hydroxylation is 1. The molecule has 0 bridgehead atoms. The van der Waals surface area contributed by atoms with Crippen LogP contribution in [0.4, 0.5) is 10.1 Å². The summed E-state index contributed by atoms with van der Waals surface area (Å²) in [5.41, 5.74) is 1.91. The fraction of sp³-hybridized carbons (Fsp3) is 0.0526. The van der Waals surface area contributed by atoms with Crippen LogP contribution in [0.2, 0.25) is 0 Å². The third-order valence-corrected chi connectivity index (χ3v) is 3.74. The summed E-state index contributed by atoms with van der Waals surface area (Å²) >= 11 is 0. The molecular weight excluding hydrogens is 323 g/mol. The van der Waals surface area contributed by atoms with Gasteiger partial charge in [-0.1, -0.05) is 12.1 Å². The average molecular weight is 338 g/mol. The van der Waals surface area contributed by atoms with E-state index in [9.17, 15) is 19.4 Å². The van der Waals surface area contributed by atoms with Crippen LogP contribution in [0, 0.1) is 12.7 Å². The van der Waals surface area contributed by atoms with Crippen LogP contribution in [0.5, 0.6) is 11.5 Å². The van der Waals surface area contributed by atoms with Crippen LogP contribution >= 0.6 is 0 Å². The largest absolute Gasteiger partial charge is 0.508 e.